The van der Waals surface area contributed by atoms with Gasteiger partial charge in [0, 0.05) is 38.3 Å². The summed E-state index contributed by atoms with van der Waals surface area (Å²) in [5.41, 5.74) is -1.91. The molecule has 36 heavy (non-hydrogen) atoms. The van der Waals surface area contributed by atoms with Crippen LogP contribution in [-0.4, -0.2) is 72.7 Å². The van der Waals surface area contributed by atoms with E-state index in [1.54, 1.807) is 0 Å². The van der Waals surface area contributed by atoms with Gasteiger partial charge in [-0.05, 0) is 37.0 Å². The average Bonchev–Trinajstić information content (AvgIpc) is 3.42. The fourth-order valence-electron chi connectivity index (χ4n) is 7.19. The molecule has 0 aromatic heterocycles. The zero-order valence-corrected chi connectivity index (χ0v) is 21.5. The van der Waals surface area contributed by atoms with Crippen LogP contribution >= 0.6 is 0 Å². The standard InChI is InChI=1S/C26H36O10/c1-14-8-21(36-17(4)29)26(13-33-15(2)27)23(20(35-16(3)28)6-7-25(26)12-34-25)24(14,5)10-19(30)18-9-22(31)32-11-18/h9,14,19-21,23,30H,6-8,10-13H2,1-5H3/t14-,19+,20-,21+,23-,24+,25+,26-/m1/s1. The lowest BCUT2D eigenvalue weighted by Crippen LogP contribution is -2.71. The molecule has 1 N–H and O–H groups in total. The minimum Gasteiger partial charge on any atom is -0.465 e. The Balaban J connectivity index is 1.85. The minimum absolute atomic E-state index is 0.0181. The Morgan fingerprint density at radius 1 is 1.17 bits per heavy atom. The maximum absolute atomic E-state index is 12.3. The van der Waals surface area contributed by atoms with Crippen LogP contribution in [0.2, 0.25) is 0 Å². The normalized spacial score (nSPS) is 39.9. The van der Waals surface area contributed by atoms with E-state index in [1.165, 1.54) is 26.8 Å². The topological polar surface area (TPSA) is 138 Å². The molecule has 200 valence electrons. The highest BCUT2D eigenvalue weighted by atomic mass is 16.6. The van der Waals surface area contributed by atoms with E-state index in [2.05, 4.69) is 0 Å². The highest BCUT2D eigenvalue weighted by Crippen LogP contribution is 2.69. The van der Waals surface area contributed by atoms with Crippen LogP contribution in [0.1, 0.15) is 60.3 Å². The van der Waals surface area contributed by atoms with Crippen LogP contribution in [-0.2, 0) is 42.9 Å². The number of epoxide rings is 1. The molecule has 0 bridgehead atoms. The zero-order valence-electron chi connectivity index (χ0n) is 21.5. The lowest BCUT2D eigenvalue weighted by molar-refractivity contribution is -0.258. The van der Waals surface area contributed by atoms with Gasteiger partial charge in [0.1, 0.15) is 31.0 Å². The highest BCUT2D eigenvalue weighted by molar-refractivity contribution is 5.85. The number of hydrogen-bond donors (Lipinski definition) is 1. The fourth-order valence-corrected chi connectivity index (χ4v) is 7.19. The Morgan fingerprint density at radius 3 is 2.36 bits per heavy atom. The Morgan fingerprint density at radius 2 is 1.83 bits per heavy atom. The van der Waals surface area contributed by atoms with Crippen LogP contribution in [0.25, 0.3) is 0 Å². The number of carbonyl (C=O) groups excluding carboxylic acids is 4. The van der Waals surface area contributed by atoms with Gasteiger partial charge in [0.25, 0.3) is 0 Å². The van der Waals surface area contributed by atoms with E-state index >= 15 is 0 Å². The van der Waals surface area contributed by atoms with Crippen molar-refractivity contribution < 1.29 is 48.0 Å². The molecule has 4 aliphatic rings. The van der Waals surface area contributed by atoms with E-state index in [0.717, 1.165) is 0 Å². The van der Waals surface area contributed by atoms with Gasteiger partial charge in [-0.1, -0.05) is 13.8 Å². The first kappa shape index (κ1) is 26.6. The lowest BCUT2D eigenvalue weighted by atomic mass is 9.42. The lowest BCUT2D eigenvalue weighted by Gasteiger charge is -2.64. The SMILES string of the molecule is CC(=O)OC[C@@]12[C@@H](OC(C)=O)C[C@@H](C)[C@](C)(C[C@H](O)C3=CC(=O)OC3)[C@H]1[C@H](OC(C)=O)CC[C@]21CO1. The summed E-state index contributed by atoms with van der Waals surface area (Å²) in [6, 6.07) is 0. The van der Waals surface area contributed by atoms with Gasteiger partial charge >= 0.3 is 23.9 Å². The van der Waals surface area contributed by atoms with Crippen molar-refractivity contribution in [2.45, 2.75) is 84.2 Å². The molecular weight excluding hydrogens is 472 g/mol. The van der Waals surface area contributed by atoms with Crippen molar-refractivity contribution in [2.24, 2.45) is 22.7 Å². The summed E-state index contributed by atoms with van der Waals surface area (Å²) < 4.78 is 28.5. The van der Waals surface area contributed by atoms with Crippen molar-refractivity contribution in [1.29, 1.82) is 0 Å². The second kappa shape index (κ2) is 9.45. The second-order valence-corrected chi connectivity index (χ2v) is 11.1. The van der Waals surface area contributed by atoms with E-state index in [0.29, 0.717) is 31.4 Å². The van der Waals surface area contributed by atoms with Crippen molar-refractivity contribution in [3.05, 3.63) is 11.6 Å². The molecule has 0 aromatic carbocycles. The smallest absolute Gasteiger partial charge is 0.331 e. The Hall–Kier alpha value is -2.46. The average molecular weight is 509 g/mol. The minimum atomic E-state index is -1.000. The van der Waals surface area contributed by atoms with Gasteiger partial charge < -0.3 is 28.8 Å². The summed E-state index contributed by atoms with van der Waals surface area (Å²) in [5.74, 6) is -2.47. The molecule has 1 saturated heterocycles. The van der Waals surface area contributed by atoms with Gasteiger partial charge in [0.05, 0.1) is 18.1 Å². The molecule has 0 unspecified atom stereocenters. The third-order valence-electron chi connectivity index (χ3n) is 8.96. The van der Waals surface area contributed by atoms with Crippen molar-refractivity contribution in [3.8, 4) is 0 Å². The number of fused-ring (bicyclic) bond motifs is 2. The molecule has 1 spiro atoms. The van der Waals surface area contributed by atoms with Crippen LogP contribution < -0.4 is 0 Å². The van der Waals surface area contributed by atoms with Gasteiger partial charge in [-0.15, -0.1) is 0 Å². The first-order chi connectivity index (χ1) is 16.8. The predicted octanol–water partition coefficient (Wildman–Crippen LogP) is 1.86. The van der Waals surface area contributed by atoms with Crippen LogP contribution in [0.4, 0.5) is 0 Å². The first-order valence-corrected chi connectivity index (χ1v) is 12.5. The molecule has 3 fully saturated rings. The third kappa shape index (κ3) is 4.42. The number of cyclic esters (lactones) is 1. The van der Waals surface area contributed by atoms with Crippen LogP contribution in [0, 0.1) is 22.7 Å². The van der Waals surface area contributed by atoms with Gasteiger partial charge in [-0.3, -0.25) is 14.4 Å². The number of hydrogen-bond acceptors (Lipinski definition) is 10. The summed E-state index contributed by atoms with van der Waals surface area (Å²) in [6.45, 7) is 8.38. The number of esters is 4. The van der Waals surface area contributed by atoms with E-state index in [-0.39, 0.29) is 25.6 Å². The number of ether oxygens (including phenoxy) is 5. The molecular formula is C26H36O10. The summed E-state index contributed by atoms with van der Waals surface area (Å²) in [6.07, 6.45) is 0.832. The maximum Gasteiger partial charge on any atom is 0.331 e. The summed E-state index contributed by atoms with van der Waals surface area (Å²) in [5, 5.41) is 11.2. The monoisotopic (exact) mass is 508 g/mol. The zero-order chi connectivity index (χ0) is 26.5. The van der Waals surface area contributed by atoms with Crippen molar-refractivity contribution >= 4 is 23.9 Å². The number of carbonyl (C=O) groups is 4. The van der Waals surface area contributed by atoms with Crippen LogP contribution in [0.5, 0.6) is 0 Å². The Kier molecular flexibility index (Phi) is 6.98. The van der Waals surface area contributed by atoms with Gasteiger partial charge in [0.2, 0.25) is 0 Å². The molecule has 0 aromatic rings. The number of aliphatic hydroxyl groups is 1. The molecule has 2 heterocycles. The Bertz CT molecular complexity index is 968. The van der Waals surface area contributed by atoms with E-state index in [4.69, 9.17) is 23.7 Å². The van der Waals surface area contributed by atoms with E-state index in [1.807, 2.05) is 13.8 Å². The molecule has 10 heteroatoms. The maximum atomic E-state index is 12.3. The fraction of sp³-hybridized carbons (Fsp3) is 0.769. The Labute approximate surface area is 210 Å². The molecule has 4 rings (SSSR count). The van der Waals surface area contributed by atoms with Crippen molar-refractivity contribution in [3.63, 3.8) is 0 Å². The number of rotatable bonds is 7. The van der Waals surface area contributed by atoms with Gasteiger partial charge in [0.15, 0.2) is 0 Å². The van der Waals surface area contributed by atoms with Crippen LogP contribution in [0.15, 0.2) is 11.6 Å². The molecule has 2 saturated carbocycles. The van der Waals surface area contributed by atoms with E-state index in [9.17, 15) is 24.3 Å². The molecule has 2 aliphatic heterocycles. The molecule has 2 aliphatic carbocycles. The second-order valence-electron chi connectivity index (χ2n) is 11.1. The predicted molar refractivity (Wildman–Crippen MR) is 123 cm³/mol. The van der Waals surface area contributed by atoms with Gasteiger partial charge in [-0.2, -0.15) is 0 Å². The molecule has 0 amide bonds. The molecule has 10 nitrogen and oxygen atoms in total. The summed E-state index contributed by atoms with van der Waals surface area (Å²) in [7, 11) is 0. The van der Waals surface area contributed by atoms with E-state index < -0.39 is 64.5 Å². The molecule has 0 radical (unpaired) electrons. The highest BCUT2D eigenvalue weighted by Gasteiger charge is 2.77. The quantitative estimate of drug-likeness (QED) is 0.308. The summed E-state index contributed by atoms with van der Waals surface area (Å²) in [4.78, 5) is 48.2. The largest absolute Gasteiger partial charge is 0.465 e. The van der Waals surface area contributed by atoms with Crippen molar-refractivity contribution in [2.75, 3.05) is 19.8 Å². The molecule has 8 atom stereocenters. The van der Waals surface area contributed by atoms with Crippen LogP contribution in [0.3, 0.4) is 0 Å². The third-order valence-corrected chi connectivity index (χ3v) is 8.96. The first-order valence-electron chi connectivity index (χ1n) is 12.5. The summed E-state index contributed by atoms with van der Waals surface area (Å²) >= 11 is 0. The van der Waals surface area contributed by atoms with Gasteiger partial charge in [-0.25, -0.2) is 4.79 Å². The van der Waals surface area contributed by atoms with Crippen molar-refractivity contribution in [1.82, 2.24) is 0 Å². The number of aliphatic hydroxyl groups excluding tert-OH is 1.